The van der Waals surface area contributed by atoms with Gasteiger partial charge in [-0.1, -0.05) is 0 Å². The third kappa shape index (κ3) is 3.52. The minimum Gasteiger partial charge on any atom is -0.465 e. The highest BCUT2D eigenvalue weighted by Crippen LogP contribution is 2.22. The summed E-state index contributed by atoms with van der Waals surface area (Å²) in [6, 6.07) is 0.990. The van der Waals surface area contributed by atoms with Crippen LogP contribution >= 0.6 is 11.3 Å². The van der Waals surface area contributed by atoms with Gasteiger partial charge in [0.25, 0.3) is 0 Å². The summed E-state index contributed by atoms with van der Waals surface area (Å²) < 4.78 is 35.9. The third-order valence-electron chi connectivity index (χ3n) is 2.06. The number of carbonyl (C=O) groups excluding carboxylic acids is 1. The zero-order chi connectivity index (χ0) is 13.8. The van der Waals surface area contributed by atoms with E-state index in [0.29, 0.717) is 0 Å². The Morgan fingerprint density at radius 1 is 1.50 bits per heavy atom. The van der Waals surface area contributed by atoms with Gasteiger partial charge in [0, 0.05) is 13.2 Å². The van der Waals surface area contributed by atoms with Crippen molar-refractivity contribution in [1.29, 1.82) is 0 Å². The summed E-state index contributed by atoms with van der Waals surface area (Å²) in [6.45, 7) is 1.92. The van der Waals surface area contributed by atoms with Crippen molar-refractivity contribution in [2.45, 2.75) is 17.9 Å². The zero-order valence-corrected chi connectivity index (χ0v) is 11.9. The largest absolute Gasteiger partial charge is 0.465 e. The molecule has 0 radical (unpaired) electrons. The highest BCUT2D eigenvalue weighted by molar-refractivity contribution is 7.89. The molecule has 1 aromatic heterocycles. The van der Waals surface area contributed by atoms with Crippen molar-refractivity contribution < 1.29 is 22.7 Å². The molecule has 1 rings (SSSR count). The molecular weight excluding hydrogens is 278 g/mol. The van der Waals surface area contributed by atoms with E-state index in [1.807, 2.05) is 0 Å². The minimum atomic E-state index is -3.74. The van der Waals surface area contributed by atoms with Crippen molar-refractivity contribution in [3.63, 3.8) is 0 Å². The Labute approximate surface area is 110 Å². The molecule has 0 aliphatic carbocycles. The van der Waals surface area contributed by atoms with Gasteiger partial charge in [-0.05, 0) is 18.4 Å². The zero-order valence-electron chi connectivity index (χ0n) is 10.3. The van der Waals surface area contributed by atoms with Gasteiger partial charge in [0.1, 0.15) is 9.77 Å². The van der Waals surface area contributed by atoms with Gasteiger partial charge in [0.15, 0.2) is 0 Å². The maximum Gasteiger partial charge on any atom is 0.349 e. The van der Waals surface area contributed by atoms with E-state index in [9.17, 15) is 13.2 Å². The SMILES string of the molecule is COC[C@@H](C)NS(=O)(=O)c1ccsc1C(=O)OC. The van der Waals surface area contributed by atoms with Crippen LogP contribution in [0.25, 0.3) is 0 Å². The molecule has 18 heavy (non-hydrogen) atoms. The Morgan fingerprint density at radius 2 is 2.17 bits per heavy atom. The Balaban J connectivity index is 2.99. The molecule has 1 N–H and O–H groups in total. The quantitative estimate of drug-likeness (QED) is 0.786. The van der Waals surface area contributed by atoms with Crippen LogP contribution in [-0.2, 0) is 19.5 Å². The van der Waals surface area contributed by atoms with Gasteiger partial charge in [0.2, 0.25) is 10.0 Å². The molecule has 0 unspecified atom stereocenters. The molecule has 0 bridgehead atoms. The first-order valence-electron chi connectivity index (χ1n) is 5.09. The number of rotatable bonds is 6. The number of esters is 1. The molecule has 0 fully saturated rings. The first kappa shape index (κ1) is 15.1. The Kier molecular flexibility index (Phi) is 5.27. The van der Waals surface area contributed by atoms with Crippen LogP contribution in [0.2, 0.25) is 0 Å². The van der Waals surface area contributed by atoms with E-state index in [1.165, 1.54) is 25.7 Å². The van der Waals surface area contributed by atoms with Crippen molar-refractivity contribution in [1.82, 2.24) is 4.72 Å². The molecule has 0 aromatic carbocycles. The number of ether oxygens (including phenoxy) is 2. The molecule has 6 nitrogen and oxygen atoms in total. The van der Waals surface area contributed by atoms with Crippen molar-refractivity contribution in [2.24, 2.45) is 0 Å². The molecule has 0 saturated heterocycles. The summed E-state index contributed by atoms with van der Waals surface area (Å²) in [5.41, 5.74) is 0. The molecule has 1 aromatic rings. The molecule has 102 valence electrons. The van der Waals surface area contributed by atoms with E-state index in [-0.39, 0.29) is 22.4 Å². The number of thiophene rings is 1. The van der Waals surface area contributed by atoms with E-state index in [2.05, 4.69) is 9.46 Å². The van der Waals surface area contributed by atoms with E-state index >= 15 is 0 Å². The average molecular weight is 293 g/mol. The number of nitrogens with one attached hydrogen (secondary N) is 1. The van der Waals surface area contributed by atoms with Gasteiger partial charge >= 0.3 is 5.97 Å². The van der Waals surface area contributed by atoms with Gasteiger partial charge < -0.3 is 9.47 Å². The van der Waals surface area contributed by atoms with Crippen molar-refractivity contribution in [3.05, 3.63) is 16.3 Å². The monoisotopic (exact) mass is 293 g/mol. The number of sulfonamides is 1. The van der Waals surface area contributed by atoms with Crippen molar-refractivity contribution in [3.8, 4) is 0 Å². The summed E-state index contributed by atoms with van der Waals surface area (Å²) in [4.78, 5) is 11.4. The summed E-state index contributed by atoms with van der Waals surface area (Å²) in [7, 11) is -1.06. The lowest BCUT2D eigenvalue weighted by Gasteiger charge is -2.13. The van der Waals surface area contributed by atoms with Crippen LogP contribution in [0.4, 0.5) is 0 Å². The molecule has 0 spiro atoms. The minimum absolute atomic E-state index is 0.0645. The number of hydrogen-bond donors (Lipinski definition) is 1. The molecule has 0 aliphatic heterocycles. The highest BCUT2D eigenvalue weighted by atomic mass is 32.2. The fourth-order valence-electron chi connectivity index (χ4n) is 1.36. The maximum absolute atomic E-state index is 12.1. The van der Waals surface area contributed by atoms with Gasteiger partial charge in [-0.3, -0.25) is 0 Å². The second kappa shape index (κ2) is 6.28. The fraction of sp³-hybridized carbons (Fsp3) is 0.500. The Morgan fingerprint density at radius 3 is 2.72 bits per heavy atom. The topological polar surface area (TPSA) is 81.7 Å². The Hall–Kier alpha value is -0.960. The molecule has 1 heterocycles. The molecule has 1 atom stereocenters. The van der Waals surface area contributed by atoms with Gasteiger partial charge in [0.05, 0.1) is 13.7 Å². The second-order valence-electron chi connectivity index (χ2n) is 3.58. The molecule has 8 heteroatoms. The summed E-state index contributed by atoms with van der Waals surface area (Å²) in [5.74, 6) is -0.662. The average Bonchev–Trinajstić information content (AvgIpc) is 2.77. The van der Waals surface area contributed by atoms with E-state index in [0.717, 1.165) is 11.3 Å². The van der Waals surface area contributed by atoms with Crippen LogP contribution in [0.15, 0.2) is 16.3 Å². The number of carbonyl (C=O) groups is 1. The summed E-state index contributed by atoms with van der Waals surface area (Å²) >= 11 is 1.02. The first-order valence-corrected chi connectivity index (χ1v) is 7.45. The maximum atomic E-state index is 12.1. The van der Waals surface area contributed by atoms with Crippen LogP contribution in [0.3, 0.4) is 0 Å². The van der Waals surface area contributed by atoms with Gasteiger partial charge in [-0.2, -0.15) is 0 Å². The normalized spacial score (nSPS) is 13.3. The lowest BCUT2D eigenvalue weighted by atomic mass is 10.4. The first-order chi connectivity index (χ1) is 8.42. The van der Waals surface area contributed by atoms with Crippen LogP contribution in [0, 0.1) is 0 Å². The second-order valence-corrected chi connectivity index (χ2v) is 6.18. The molecule has 0 saturated carbocycles. The Bertz CT molecular complexity index is 508. The molecule has 0 aliphatic rings. The van der Waals surface area contributed by atoms with E-state index in [1.54, 1.807) is 6.92 Å². The van der Waals surface area contributed by atoms with Crippen molar-refractivity contribution in [2.75, 3.05) is 20.8 Å². The predicted octanol–water partition coefficient (Wildman–Crippen LogP) is 0.848. The molecule has 0 amide bonds. The highest BCUT2D eigenvalue weighted by Gasteiger charge is 2.25. The number of hydrogen-bond acceptors (Lipinski definition) is 6. The summed E-state index contributed by atoms with van der Waals surface area (Å²) in [6.07, 6.45) is 0. The van der Waals surface area contributed by atoms with Gasteiger partial charge in [-0.15, -0.1) is 11.3 Å². The van der Waals surface area contributed by atoms with Crippen LogP contribution in [-0.4, -0.2) is 41.3 Å². The van der Waals surface area contributed by atoms with E-state index in [4.69, 9.17) is 4.74 Å². The third-order valence-corrected chi connectivity index (χ3v) is 4.72. The summed E-state index contributed by atoms with van der Waals surface area (Å²) in [5, 5.41) is 1.53. The lowest BCUT2D eigenvalue weighted by molar-refractivity contribution is 0.0602. The van der Waals surface area contributed by atoms with Crippen molar-refractivity contribution >= 4 is 27.3 Å². The molecular formula is C10H15NO5S2. The smallest absolute Gasteiger partial charge is 0.349 e. The van der Waals surface area contributed by atoms with Crippen LogP contribution in [0.5, 0.6) is 0 Å². The lowest BCUT2D eigenvalue weighted by Crippen LogP contribution is -2.36. The fourth-order valence-corrected chi connectivity index (χ4v) is 3.93. The number of methoxy groups -OCH3 is 2. The van der Waals surface area contributed by atoms with E-state index < -0.39 is 16.0 Å². The predicted molar refractivity (Wildman–Crippen MR) is 67.3 cm³/mol. The van der Waals surface area contributed by atoms with Crippen LogP contribution in [0.1, 0.15) is 16.6 Å². The van der Waals surface area contributed by atoms with Gasteiger partial charge in [-0.25, -0.2) is 17.9 Å². The van der Waals surface area contributed by atoms with Crippen LogP contribution < -0.4 is 4.72 Å². The standard InChI is InChI=1S/C10H15NO5S2/c1-7(6-15-2)11-18(13,14)8-4-5-17-9(8)10(12)16-3/h4-5,7,11H,6H2,1-3H3/t7-/m1/s1.